The third-order valence-corrected chi connectivity index (χ3v) is 3.59. The number of H-pyrrole nitrogens is 1. The Balaban J connectivity index is 1.97. The van der Waals surface area contributed by atoms with E-state index in [-0.39, 0.29) is 5.91 Å². The van der Waals surface area contributed by atoms with Crippen LogP contribution in [0.4, 0.5) is 11.4 Å². The summed E-state index contributed by atoms with van der Waals surface area (Å²) in [7, 11) is 0. The summed E-state index contributed by atoms with van der Waals surface area (Å²) >= 11 is 0. The number of anilines is 2. The molecule has 0 unspecified atom stereocenters. The number of carbonyl (C=O) groups is 1. The van der Waals surface area contributed by atoms with Gasteiger partial charge in [0.15, 0.2) is 0 Å². The molecule has 1 amide bonds. The number of nitrogens with two attached hydrogens (primary N) is 1. The number of nitrogens with one attached hydrogen (secondary N) is 2. The predicted octanol–water partition coefficient (Wildman–Crippen LogP) is 3.01. The molecule has 0 fully saturated rings. The van der Waals surface area contributed by atoms with E-state index in [0.29, 0.717) is 11.3 Å². The van der Waals surface area contributed by atoms with Crippen LogP contribution in [0.1, 0.15) is 21.5 Å². The number of fused-ring (bicyclic) bond motifs is 1. The Hall–Kier alpha value is -2.82. The van der Waals surface area contributed by atoms with Crippen molar-refractivity contribution in [2.45, 2.75) is 13.8 Å². The smallest absolute Gasteiger partial charge is 0.256 e. The van der Waals surface area contributed by atoms with Crippen molar-refractivity contribution in [3.63, 3.8) is 0 Å². The number of rotatable bonds is 2. The highest BCUT2D eigenvalue weighted by Gasteiger charge is 2.13. The Morgan fingerprint density at radius 3 is 2.86 bits per heavy atom. The summed E-state index contributed by atoms with van der Waals surface area (Å²) in [4.78, 5) is 12.5. The van der Waals surface area contributed by atoms with Gasteiger partial charge in [0, 0.05) is 16.6 Å². The minimum absolute atomic E-state index is 0.173. The number of aromatic amines is 1. The molecule has 0 saturated heterocycles. The highest BCUT2D eigenvalue weighted by molar-refractivity contribution is 6.09. The lowest BCUT2D eigenvalue weighted by Crippen LogP contribution is -2.14. The number of hydrogen-bond acceptors (Lipinski definition) is 3. The van der Waals surface area contributed by atoms with Gasteiger partial charge in [-0.3, -0.25) is 9.89 Å². The average Bonchev–Trinajstić information content (AvgIpc) is 2.92. The third-order valence-electron chi connectivity index (χ3n) is 3.59. The van der Waals surface area contributed by atoms with Crippen LogP contribution >= 0.6 is 0 Å². The summed E-state index contributed by atoms with van der Waals surface area (Å²) in [6.45, 7) is 3.83. The second-order valence-corrected chi connectivity index (χ2v) is 5.11. The second kappa shape index (κ2) is 4.94. The lowest BCUT2D eigenvalue weighted by Gasteiger charge is -2.11. The molecule has 1 heterocycles. The van der Waals surface area contributed by atoms with Crippen LogP contribution < -0.4 is 11.1 Å². The Kier molecular flexibility index (Phi) is 3.10. The number of hydrogen-bond donors (Lipinski definition) is 3. The van der Waals surface area contributed by atoms with Gasteiger partial charge >= 0.3 is 0 Å². The van der Waals surface area contributed by atoms with Gasteiger partial charge in [-0.1, -0.05) is 12.1 Å². The topological polar surface area (TPSA) is 83.8 Å². The maximum atomic E-state index is 12.5. The fourth-order valence-corrected chi connectivity index (χ4v) is 2.38. The van der Waals surface area contributed by atoms with Crippen molar-refractivity contribution in [1.29, 1.82) is 0 Å². The summed E-state index contributed by atoms with van der Waals surface area (Å²) in [5.74, 6) is -0.173. The van der Waals surface area contributed by atoms with Gasteiger partial charge in [-0.25, -0.2) is 0 Å². The molecule has 0 aliphatic heterocycles. The van der Waals surface area contributed by atoms with Crippen molar-refractivity contribution in [3.05, 3.63) is 53.2 Å². The monoisotopic (exact) mass is 280 g/mol. The molecule has 0 spiro atoms. The fraction of sp³-hybridized carbons (Fsp3) is 0.125. The maximum Gasteiger partial charge on any atom is 0.256 e. The molecule has 1 aromatic heterocycles. The van der Waals surface area contributed by atoms with Gasteiger partial charge in [0.1, 0.15) is 0 Å². The zero-order chi connectivity index (χ0) is 15.0. The van der Waals surface area contributed by atoms with Gasteiger partial charge in [0.2, 0.25) is 0 Å². The molecule has 0 saturated carbocycles. The molecule has 0 aliphatic carbocycles. The molecule has 21 heavy (non-hydrogen) atoms. The first-order chi connectivity index (χ1) is 10.1. The largest absolute Gasteiger partial charge is 0.398 e. The standard InChI is InChI=1S/C16H16N4O/c1-9-6-10(2)13(17)7-11(9)16(21)19-14-4-3-5-15-12(14)8-18-20-15/h3-8H,17H2,1-2H3,(H,18,20)(H,19,21). The molecule has 2 aromatic carbocycles. The lowest BCUT2D eigenvalue weighted by atomic mass is 10.0. The number of aromatic nitrogens is 2. The highest BCUT2D eigenvalue weighted by Crippen LogP contribution is 2.23. The molecule has 0 radical (unpaired) electrons. The van der Waals surface area contributed by atoms with Crippen LogP contribution in [0.15, 0.2) is 36.5 Å². The summed E-state index contributed by atoms with van der Waals surface area (Å²) in [6, 6.07) is 9.26. The van der Waals surface area contributed by atoms with Crippen molar-refractivity contribution >= 4 is 28.2 Å². The number of aryl methyl sites for hydroxylation is 2. The Morgan fingerprint density at radius 1 is 1.24 bits per heavy atom. The van der Waals surface area contributed by atoms with Gasteiger partial charge in [-0.05, 0) is 43.2 Å². The summed E-state index contributed by atoms with van der Waals surface area (Å²) in [5, 5.41) is 10.7. The van der Waals surface area contributed by atoms with Crippen LogP contribution in [0, 0.1) is 13.8 Å². The van der Waals surface area contributed by atoms with E-state index < -0.39 is 0 Å². The second-order valence-electron chi connectivity index (χ2n) is 5.11. The maximum absolute atomic E-state index is 12.5. The average molecular weight is 280 g/mol. The number of benzene rings is 2. The molecule has 3 rings (SSSR count). The van der Waals surface area contributed by atoms with E-state index in [1.807, 2.05) is 38.1 Å². The van der Waals surface area contributed by atoms with E-state index in [9.17, 15) is 4.79 Å². The molecule has 3 aromatic rings. The van der Waals surface area contributed by atoms with Gasteiger partial charge in [0.25, 0.3) is 5.91 Å². The molecule has 5 nitrogen and oxygen atoms in total. The molecule has 0 atom stereocenters. The molecule has 0 bridgehead atoms. The van der Waals surface area contributed by atoms with Crippen molar-refractivity contribution in [1.82, 2.24) is 10.2 Å². The van der Waals surface area contributed by atoms with Gasteiger partial charge < -0.3 is 11.1 Å². The summed E-state index contributed by atoms with van der Waals surface area (Å²) in [5.41, 5.74) is 10.6. The first-order valence-corrected chi connectivity index (χ1v) is 6.66. The van der Waals surface area contributed by atoms with Crippen molar-refractivity contribution in [2.24, 2.45) is 0 Å². The zero-order valence-corrected chi connectivity index (χ0v) is 11.9. The number of amides is 1. The predicted molar refractivity (Wildman–Crippen MR) is 84.4 cm³/mol. The Labute approximate surface area is 122 Å². The van der Waals surface area contributed by atoms with Crippen LogP contribution in [0.3, 0.4) is 0 Å². The Morgan fingerprint density at radius 2 is 2.05 bits per heavy atom. The summed E-state index contributed by atoms with van der Waals surface area (Å²) < 4.78 is 0. The third kappa shape index (κ3) is 2.33. The minimum Gasteiger partial charge on any atom is -0.398 e. The Bertz CT molecular complexity index is 835. The van der Waals surface area contributed by atoms with Crippen LogP contribution in [0.2, 0.25) is 0 Å². The SMILES string of the molecule is Cc1cc(C)c(C(=O)Nc2cccc3[nH]ncc23)cc1N. The van der Waals surface area contributed by atoms with Crippen molar-refractivity contribution in [2.75, 3.05) is 11.1 Å². The lowest BCUT2D eigenvalue weighted by molar-refractivity contribution is 0.102. The van der Waals surface area contributed by atoms with Crippen LogP contribution in [0.5, 0.6) is 0 Å². The molecule has 106 valence electrons. The quantitative estimate of drug-likeness (QED) is 0.631. The molecule has 0 aliphatic rings. The number of nitrogen functional groups attached to an aromatic ring is 1. The number of nitrogens with zero attached hydrogens (tertiary/aromatic N) is 1. The van der Waals surface area contributed by atoms with E-state index in [4.69, 9.17) is 5.73 Å². The number of carbonyl (C=O) groups excluding carboxylic acids is 1. The molecule has 4 N–H and O–H groups in total. The normalized spacial score (nSPS) is 10.8. The molecular formula is C16H16N4O. The van der Waals surface area contributed by atoms with Gasteiger partial charge in [-0.15, -0.1) is 0 Å². The minimum atomic E-state index is -0.173. The highest BCUT2D eigenvalue weighted by atomic mass is 16.1. The van der Waals surface area contributed by atoms with Crippen molar-refractivity contribution < 1.29 is 4.79 Å². The van der Waals surface area contributed by atoms with E-state index in [1.165, 1.54) is 0 Å². The van der Waals surface area contributed by atoms with Gasteiger partial charge in [-0.2, -0.15) is 5.10 Å². The fourth-order valence-electron chi connectivity index (χ4n) is 2.38. The zero-order valence-electron chi connectivity index (χ0n) is 11.9. The molecule has 5 heteroatoms. The van der Waals surface area contributed by atoms with E-state index in [0.717, 1.165) is 27.7 Å². The van der Waals surface area contributed by atoms with E-state index in [2.05, 4.69) is 15.5 Å². The van der Waals surface area contributed by atoms with Gasteiger partial charge in [0.05, 0.1) is 17.4 Å². The van der Waals surface area contributed by atoms with Crippen LogP contribution in [-0.4, -0.2) is 16.1 Å². The van der Waals surface area contributed by atoms with Crippen molar-refractivity contribution in [3.8, 4) is 0 Å². The van der Waals surface area contributed by atoms with Crippen LogP contribution in [0.25, 0.3) is 10.9 Å². The van der Waals surface area contributed by atoms with E-state index >= 15 is 0 Å². The first-order valence-electron chi connectivity index (χ1n) is 6.66. The first kappa shape index (κ1) is 13.2. The molecular weight excluding hydrogens is 264 g/mol. The van der Waals surface area contributed by atoms with E-state index in [1.54, 1.807) is 12.3 Å². The van der Waals surface area contributed by atoms with Crippen LogP contribution in [-0.2, 0) is 0 Å². The summed E-state index contributed by atoms with van der Waals surface area (Å²) in [6.07, 6.45) is 1.70.